The van der Waals surface area contributed by atoms with Crippen LogP contribution in [0.25, 0.3) is 10.7 Å². The average Bonchev–Trinajstić information content (AvgIpc) is 2.69. The van der Waals surface area contributed by atoms with Gasteiger partial charge in [0.1, 0.15) is 5.82 Å². The van der Waals surface area contributed by atoms with Crippen molar-refractivity contribution in [1.82, 2.24) is 9.97 Å². The lowest BCUT2D eigenvalue weighted by Crippen LogP contribution is -2.15. The second-order valence-corrected chi connectivity index (χ2v) is 8.70. The molecule has 0 radical (unpaired) electrons. The number of nitrogens with one attached hydrogen (secondary N) is 1. The fourth-order valence-electron chi connectivity index (χ4n) is 1.67. The third kappa shape index (κ3) is 3.59. The number of thiophene rings is 1. The number of halogens is 2. The fourth-order valence-corrected chi connectivity index (χ4v) is 3.64. The summed E-state index contributed by atoms with van der Waals surface area (Å²) in [5.74, 6) is 1.65. The van der Waals surface area contributed by atoms with Crippen molar-refractivity contribution in [2.75, 3.05) is 11.9 Å². The maximum absolute atomic E-state index is 4.73. The first-order chi connectivity index (χ1) is 9.31. The van der Waals surface area contributed by atoms with Crippen LogP contribution in [0.15, 0.2) is 20.4 Å². The molecule has 0 aromatic carbocycles. The molecule has 0 unspecified atom stereocenters. The topological polar surface area (TPSA) is 37.8 Å². The van der Waals surface area contributed by atoms with E-state index in [-0.39, 0.29) is 5.41 Å². The summed E-state index contributed by atoms with van der Waals surface area (Å²) in [5, 5.41) is 3.28. The van der Waals surface area contributed by atoms with Gasteiger partial charge >= 0.3 is 0 Å². The summed E-state index contributed by atoms with van der Waals surface area (Å²) in [4.78, 5) is 10.4. The zero-order valence-electron chi connectivity index (χ0n) is 11.9. The lowest BCUT2D eigenvalue weighted by molar-refractivity contribution is 0.568. The minimum Gasteiger partial charge on any atom is -0.370 e. The number of aromatic nitrogens is 2. The van der Waals surface area contributed by atoms with Crippen molar-refractivity contribution in [3.05, 3.63) is 26.1 Å². The molecular weight excluding hydrogens is 402 g/mol. The van der Waals surface area contributed by atoms with Crippen molar-refractivity contribution in [2.24, 2.45) is 0 Å². The summed E-state index contributed by atoms with van der Waals surface area (Å²) in [7, 11) is 0. The first-order valence-corrected chi connectivity index (χ1v) is 8.80. The molecule has 2 rings (SSSR count). The van der Waals surface area contributed by atoms with Crippen LogP contribution >= 0.6 is 43.2 Å². The molecule has 3 nitrogen and oxygen atoms in total. The van der Waals surface area contributed by atoms with Gasteiger partial charge in [-0.05, 0) is 44.8 Å². The molecule has 0 aliphatic rings. The highest BCUT2D eigenvalue weighted by atomic mass is 79.9. The highest BCUT2D eigenvalue weighted by Gasteiger charge is 2.19. The van der Waals surface area contributed by atoms with Gasteiger partial charge in [0.05, 0.1) is 14.4 Å². The van der Waals surface area contributed by atoms with Crippen molar-refractivity contribution < 1.29 is 0 Å². The van der Waals surface area contributed by atoms with E-state index in [1.807, 2.05) is 12.1 Å². The van der Waals surface area contributed by atoms with E-state index in [4.69, 9.17) is 4.98 Å². The standard InChI is InChI=1S/C14H17Br2N3S/c1-5-17-11-7-10(14(2,3)4)18-13(19-11)9-6-8(15)12(16)20-9/h6-7H,5H2,1-4H3,(H,17,18,19). The van der Waals surface area contributed by atoms with Gasteiger partial charge in [-0.25, -0.2) is 9.97 Å². The molecule has 0 fully saturated rings. The quantitative estimate of drug-likeness (QED) is 0.718. The first-order valence-electron chi connectivity index (χ1n) is 6.40. The molecule has 2 aromatic rings. The van der Waals surface area contributed by atoms with Crippen molar-refractivity contribution in [3.63, 3.8) is 0 Å². The van der Waals surface area contributed by atoms with Crippen LogP contribution in [0.5, 0.6) is 0 Å². The molecule has 1 N–H and O–H groups in total. The third-order valence-electron chi connectivity index (χ3n) is 2.72. The van der Waals surface area contributed by atoms with Crippen LogP contribution in [0.3, 0.4) is 0 Å². The largest absolute Gasteiger partial charge is 0.370 e. The highest BCUT2D eigenvalue weighted by molar-refractivity contribution is 9.13. The summed E-state index contributed by atoms with van der Waals surface area (Å²) < 4.78 is 2.09. The smallest absolute Gasteiger partial charge is 0.171 e. The maximum Gasteiger partial charge on any atom is 0.171 e. The van der Waals surface area contributed by atoms with Gasteiger partial charge < -0.3 is 5.32 Å². The molecule has 2 aromatic heterocycles. The van der Waals surface area contributed by atoms with Gasteiger partial charge in [0, 0.05) is 22.5 Å². The van der Waals surface area contributed by atoms with E-state index in [0.29, 0.717) is 0 Å². The van der Waals surface area contributed by atoms with Crippen LogP contribution in [0.1, 0.15) is 33.4 Å². The number of nitrogens with zero attached hydrogens (tertiary/aromatic N) is 2. The Kier molecular flexibility index (Phi) is 4.87. The molecule has 108 valence electrons. The van der Waals surface area contributed by atoms with Gasteiger partial charge in [-0.15, -0.1) is 11.3 Å². The molecule has 20 heavy (non-hydrogen) atoms. The Hall–Kier alpha value is -0.460. The number of hydrogen-bond donors (Lipinski definition) is 1. The third-order valence-corrected chi connectivity index (χ3v) is 5.97. The normalized spacial score (nSPS) is 11.7. The monoisotopic (exact) mass is 417 g/mol. The van der Waals surface area contributed by atoms with E-state index in [1.165, 1.54) is 0 Å². The molecule has 0 saturated carbocycles. The molecular formula is C14H17Br2N3S. The minimum absolute atomic E-state index is 0.00636. The molecule has 6 heteroatoms. The average molecular weight is 419 g/mol. The summed E-state index contributed by atoms with van der Waals surface area (Å²) in [5.41, 5.74) is 1.03. The molecule has 0 saturated heterocycles. The summed E-state index contributed by atoms with van der Waals surface area (Å²) in [6.45, 7) is 9.40. The Morgan fingerprint density at radius 1 is 1.20 bits per heavy atom. The number of anilines is 1. The van der Waals surface area contributed by atoms with Crippen LogP contribution in [0.2, 0.25) is 0 Å². The fraction of sp³-hybridized carbons (Fsp3) is 0.429. The second-order valence-electron chi connectivity index (χ2n) is 5.47. The minimum atomic E-state index is -0.00636. The van der Waals surface area contributed by atoms with Gasteiger partial charge in [-0.2, -0.15) is 0 Å². The predicted octanol–water partition coefficient (Wildman–Crippen LogP) is 5.46. The SMILES string of the molecule is CCNc1cc(C(C)(C)C)nc(-c2cc(Br)c(Br)s2)n1. The van der Waals surface area contributed by atoms with Crippen molar-refractivity contribution in [2.45, 2.75) is 33.1 Å². The lowest BCUT2D eigenvalue weighted by atomic mass is 9.92. The summed E-state index contributed by atoms with van der Waals surface area (Å²) in [6, 6.07) is 4.08. The van der Waals surface area contributed by atoms with E-state index in [9.17, 15) is 0 Å². The molecule has 0 atom stereocenters. The Morgan fingerprint density at radius 3 is 2.40 bits per heavy atom. The highest BCUT2D eigenvalue weighted by Crippen LogP contribution is 2.37. The Morgan fingerprint density at radius 2 is 1.90 bits per heavy atom. The van der Waals surface area contributed by atoms with Gasteiger partial charge in [0.25, 0.3) is 0 Å². The molecule has 2 heterocycles. The molecule has 0 spiro atoms. The van der Waals surface area contributed by atoms with E-state index in [0.717, 1.165) is 37.0 Å². The first kappa shape index (κ1) is 15.9. The lowest BCUT2D eigenvalue weighted by Gasteiger charge is -2.19. The van der Waals surface area contributed by atoms with Crippen molar-refractivity contribution in [1.29, 1.82) is 0 Å². The van der Waals surface area contributed by atoms with Crippen LogP contribution in [0, 0.1) is 0 Å². The zero-order valence-corrected chi connectivity index (χ0v) is 15.9. The predicted molar refractivity (Wildman–Crippen MR) is 93.6 cm³/mol. The Bertz CT molecular complexity index is 598. The van der Waals surface area contributed by atoms with E-state index < -0.39 is 0 Å². The molecule has 0 amide bonds. The van der Waals surface area contributed by atoms with Crippen LogP contribution in [-0.2, 0) is 5.41 Å². The number of rotatable bonds is 3. The molecule has 0 bridgehead atoms. The van der Waals surface area contributed by atoms with Gasteiger partial charge in [-0.1, -0.05) is 20.8 Å². The van der Waals surface area contributed by atoms with E-state index in [1.54, 1.807) is 11.3 Å². The summed E-state index contributed by atoms with van der Waals surface area (Å²) in [6.07, 6.45) is 0. The van der Waals surface area contributed by atoms with Crippen molar-refractivity contribution >= 4 is 49.0 Å². The zero-order chi connectivity index (χ0) is 14.9. The van der Waals surface area contributed by atoms with Gasteiger partial charge in [0.2, 0.25) is 0 Å². The van der Waals surface area contributed by atoms with E-state index in [2.05, 4.69) is 69.9 Å². The van der Waals surface area contributed by atoms with E-state index >= 15 is 0 Å². The Labute approximate surface area is 140 Å². The maximum atomic E-state index is 4.73. The van der Waals surface area contributed by atoms with Crippen LogP contribution in [-0.4, -0.2) is 16.5 Å². The summed E-state index contributed by atoms with van der Waals surface area (Å²) >= 11 is 8.66. The van der Waals surface area contributed by atoms with Crippen molar-refractivity contribution in [3.8, 4) is 10.7 Å². The second kappa shape index (κ2) is 6.12. The molecule has 0 aliphatic carbocycles. The van der Waals surface area contributed by atoms with Crippen LogP contribution in [0.4, 0.5) is 5.82 Å². The van der Waals surface area contributed by atoms with Gasteiger partial charge in [-0.3, -0.25) is 0 Å². The Balaban J connectivity index is 2.54. The van der Waals surface area contributed by atoms with Gasteiger partial charge in [0.15, 0.2) is 5.82 Å². The van der Waals surface area contributed by atoms with Crippen LogP contribution < -0.4 is 5.32 Å². The molecule has 0 aliphatic heterocycles. The number of hydrogen-bond acceptors (Lipinski definition) is 4.